The van der Waals surface area contributed by atoms with Crippen LogP contribution in [0.3, 0.4) is 0 Å². The third-order valence-corrected chi connectivity index (χ3v) is 4.26. The predicted molar refractivity (Wildman–Crippen MR) is 94.3 cm³/mol. The van der Waals surface area contributed by atoms with Crippen molar-refractivity contribution >= 4 is 0 Å². The van der Waals surface area contributed by atoms with E-state index in [0.717, 1.165) is 30.2 Å². The van der Waals surface area contributed by atoms with Gasteiger partial charge in [-0.1, -0.05) is 29.8 Å². The molecule has 4 heteroatoms. The van der Waals surface area contributed by atoms with E-state index in [1.807, 2.05) is 19.1 Å². The van der Waals surface area contributed by atoms with Crippen molar-refractivity contribution in [2.75, 3.05) is 13.3 Å². The minimum Gasteiger partial charge on any atom is -0.454 e. The van der Waals surface area contributed by atoms with Gasteiger partial charge in [-0.15, -0.1) is 0 Å². The first kappa shape index (κ1) is 16.8. The summed E-state index contributed by atoms with van der Waals surface area (Å²) in [7, 11) is 0. The zero-order chi connectivity index (χ0) is 17.1. The fourth-order valence-electron chi connectivity index (χ4n) is 3.07. The molecule has 1 unspecified atom stereocenters. The topological polar surface area (TPSA) is 41.9 Å². The van der Waals surface area contributed by atoms with Gasteiger partial charge in [0.2, 0.25) is 6.79 Å². The van der Waals surface area contributed by atoms with Crippen LogP contribution in [0.5, 0.6) is 11.5 Å². The van der Waals surface area contributed by atoms with Crippen LogP contribution in [0.1, 0.15) is 29.2 Å². The van der Waals surface area contributed by atoms with Crippen molar-refractivity contribution in [3.05, 3.63) is 58.7 Å². The van der Waals surface area contributed by atoms with Gasteiger partial charge in [0.15, 0.2) is 11.5 Å². The highest BCUT2D eigenvalue weighted by Crippen LogP contribution is 2.33. The summed E-state index contributed by atoms with van der Waals surface area (Å²) in [6.07, 6.45) is -0.371. The molecule has 0 spiro atoms. The Morgan fingerprint density at radius 2 is 1.83 bits per heavy atom. The lowest BCUT2D eigenvalue weighted by atomic mass is 10.0. The molecule has 0 amide bonds. The van der Waals surface area contributed by atoms with Gasteiger partial charge in [-0.3, -0.25) is 4.90 Å². The largest absolute Gasteiger partial charge is 0.454 e. The normalized spacial score (nSPS) is 14.2. The molecule has 1 heterocycles. The number of hydrogen-bond donors (Lipinski definition) is 1. The van der Waals surface area contributed by atoms with Gasteiger partial charge in [0, 0.05) is 19.6 Å². The Labute approximate surface area is 143 Å². The number of aliphatic hydroxyl groups is 1. The lowest BCUT2D eigenvalue weighted by Gasteiger charge is -2.25. The Morgan fingerprint density at radius 1 is 1.04 bits per heavy atom. The number of aryl methyl sites for hydroxylation is 2. The van der Waals surface area contributed by atoms with Crippen LogP contribution in [0.15, 0.2) is 36.4 Å². The van der Waals surface area contributed by atoms with Crippen LogP contribution in [-0.4, -0.2) is 29.4 Å². The van der Waals surface area contributed by atoms with E-state index in [2.05, 4.69) is 43.0 Å². The van der Waals surface area contributed by atoms with Gasteiger partial charge in [0.25, 0.3) is 0 Å². The summed E-state index contributed by atoms with van der Waals surface area (Å²) in [6, 6.07) is 12.6. The van der Waals surface area contributed by atoms with Gasteiger partial charge in [0.1, 0.15) is 0 Å². The highest BCUT2D eigenvalue weighted by atomic mass is 16.7. The predicted octanol–water partition coefficient (Wildman–Crippen LogP) is 3.42. The van der Waals surface area contributed by atoms with E-state index < -0.39 is 0 Å². The lowest BCUT2D eigenvalue weighted by Crippen LogP contribution is -2.30. The second kappa shape index (κ2) is 7.24. The van der Waals surface area contributed by atoms with Gasteiger partial charge in [-0.2, -0.15) is 0 Å². The third-order valence-electron chi connectivity index (χ3n) is 4.26. The Kier molecular flexibility index (Phi) is 5.07. The van der Waals surface area contributed by atoms with Crippen molar-refractivity contribution in [2.45, 2.75) is 40.0 Å². The first-order chi connectivity index (χ1) is 11.5. The summed E-state index contributed by atoms with van der Waals surface area (Å²) in [5.74, 6) is 1.60. The second-order valence-electron chi connectivity index (χ2n) is 6.64. The maximum Gasteiger partial charge on any atom is 0.231 e. The first-order valence-electron chi connectivity index (χ1n) is 8.36. The molecule has 1 atom stereocenters. The van der Waals surface area contributed by atoms with Crippen molar-refractivity contribution in [3.8, 4) is 11.5 Å². The first-order valence-corrected chi connectivity index (χ1v) is 8.36. The molecular formula is C20H25NO3. The number of fused-ring (bicyclic) bond motifs is 1. The van der Waals surface area contributed by atoms with E-state index in [0.29, 0.717) is 13.3 Å². The van der Waals surface area contributed by atoms with Crippen LogP contribution < -0.4 is 9.47 Å². The van der Waals surface area contributed by atoms with Gasteiger partial charge >= 0.3 is 0 Å². The van der Waals surface area contributed by atoms with E-state index in [9.17, 15) is 5.11 Å². The van der Waals surface area contributed by atoms with Crippen molar-refractivity contribution in [2.24, 2.45) is 0 Å². The van der Waals surface area contributed by atoms with Gasteiger partial charge < -0.3 is 14.6 Å². The molecule has 0 aliphatic carbocycles. The van der Waals surface area contributed by atoms with Crippen LogP contribution in [0.2, 0.25) is 0 Å². The molecule has 0 saturated carbocycles. The Bertz CT molecular complexity index is 712. The minimum absolute atomic E-state index is 0.290. The maximum absolute atomic E-state index is 9.87. The molecule has 24 heavy (non-hydrogen) atoms. The molecule has 1 aliphatic rings. The summed E-state index contributed by atoms with van der Waals surface area (Å²) in [5, 5.41) is 9.87. The number of ether oxygens (including phenoxy) is 2. The monoisotopic (exact) mass is 327 g/mol. The van der Waals surface area contributed by atoms with E-state index in [1.54, 1.807) is 0 Å². The zero-order valence-corrected chi connectivity index (χ0v) is 14.6. The number of nitrogens with zero attached hydrogens (tertiary/aromatic N) is 1. The summed E-state index contributed by atoms with van der Waals surface area (Å²) in [4.78, 5) is 2.27. The third kappa shape index (κ3) is 4.08. The molecule has 0 radical (unpaired) electrons. The summed E-state index contributed by atoms with van der Waals surface area (Å²) in [6.45, 7) is 8.56. The number of aliphatic hydroxyl groups excluding tert-OH is 1. The van der Waals surface area contributed by atoms with Crippen LogP contribution >= 0.6 is 0 Å². The molecular weight excluding hydrogens is 302 g/mol. The second-order valence-corrected chi connectivity index (χ2v) is 6.64. The molecule has 0 aromatic heterocycles. The minimum atomic E-state index is -0.371. The SMILES string of the molecule is Cc1ccc(C)c(CN(Cc2ccc3c(c2)OCO3)CC(C)O)c1. The molecule has 0 bridgehead atoms. The number of hydrogen-bond acceptors (Lipinski definition) is 4. The zero-order valence-electron chi connectivity index (χ0n) is 14.6. The van der Waals surface area contributed by atoms with Gasteiger partial charge in [-0.05, 0) is 49.6 Å². The average molecular weight is 327 g/mol. The van der Waals surface area contributed by atoms with Crippen LogP contribution in [0.25, 0.3) is 0 Å². The van der Waals surface area contributed by atoms with Crippen molar-refractivity contribution in [3.63, 3.8) is 0 Å². The molecule has 128 valence electrons. The Morgan fingerprint density at radius 3 is 2.62 bits per heavy atom. The van der Waals surface area contributed by atoms with Gasteiger partial charge in [0.05, 0.1) is 6.10 Å². The molecule has 2 aromatic rings. The molecule has 4 nitrogen and oxygen atoms in total. The molecule has 2 aromatic carbocycles. The highest BCUT2D eigenvalue weighted by Gasteiger charge is 2.16. The summed E-state index contributed by atoms with van der Waals surface area (Å²) in [5.41, 5.74) is 5.00. The molecule has 0 saturated heterocycles. The highest BCUT2D eigenvalue weighted by molar-refractivity contribution is 5.44. The van der Waals surface area contributed by atoms with Crippen molar-refractivity contribution < 1.29 is 14.6 Å². The van der Waals surface area contributed by atoms with Crippen LogP contribution in [0.4, 0.5) is 0 Å². The lowest BCUT2D eigenvalue weighted by molar-refractivity contribution is 0.118. The smallest absolute Gasteiger partial charge is 0.231 e. The summed E-state index contributed by atoms with van der Waals surface area (Å²) >= 11 is 0. The molecule has 3 rings (SSSR count). The quantitative estimate of drug-likeness (QED) is 0.883. The van der Waals surface area contributed by atoms with E-state index in [1.165, 1.54) is 16.7 Å². The fourth-order valence-corrected chi connectivity index (χ4v) is 3.07. The van der Waals surface area contributed by atoms with Gasteiger partial charge in [-0.25, -0.2) is 0 Å². The van der Waals surface area contributed by atoms with Crippen LogP contribution in [-0.2, 0) is 13.1 Å². The van der Waals surface area contributed by atoms with E-state index in [4.69, 9.17) is 9.47 Å². The van der Waals surface area contributed by atoms with Crippen molar-refractivity contribution in [1.29, 1.82) is 0 Å². The molecule has 1 N–H and O–H groups in total. The molecule has 0 fully saturated rings. The fraction of sp³-hybridized carbons (Fsp3) is 0.400. The summed E-state index contributed by atoms with van der Waals surface area (Å²) < 4.78 is 10.8. The van der Waals surface area contributed by atoms with Crippen molar-refractivity contribution in [1.82, 2.24) is 4.90 Å². The Hall–Kier alpha value is -2.04. The van der Waals surface area contributed by atoms with Crippen LogP contribution in [0, 0.1) is 13.8 Å². The Balaban J connectivity index is 1.77. The average Bonchev–Trinajstić information content (AvgIpc) is 2.98. The van der Waals surface area contributed by atoms with E-state index >= 15 is 0 Å². The number of benzene rings is 2. The molecule has 1 aliphatic heterocycles. The standard InChI is InChI=1S/C20H25NO3/c1-14-4-5-15(2)18(8-14)12-21(10-16(3)22)11-17-6-7-19-20(9-17)24-13-23-19/h4-9,16,22H,10-13H2,1-3H3. The number of rotatable bonds is 6. The maximum atomic E-state index is 9.87. The van der Waals surface area contributed by atoms with E-state index in [-0.39, 0.29) is 6.10 Å².